The van der Waals surface area contributed by atoms with E-state index in [9.17, 15) is 9.18 Å². The Labute approximate surface area is 166 Å². The minimum absolute atomic E-state index is 0.00602. The molecule has 0 aromatic heterocycles. The maximum absolute atomic E-state index is 13.4. The standard InChI is InChI=1S/C23H29FN2O2/c1-2-6-21(18-7-4-3-5-8-18)23(27)25-17-22(26-13-15-28-16-14-26)19-9-11-20(24)12-10-19/h3-5,7-12,21-22H,2,6,13-17H2,1H3,(H,25,27). The zero-order chi connectivity index (χ0) is 19.8. The van der Waals surface area contributed by atoms with Gasteiger partial charge in [0.05, 0.1) is 25.2 Å². The third kappa shape index (κ3) is 5.40. The van der Waals surface area contributed by atoms with Crippen LogP contribution in [0.3, 0.4) is 0 Å². The summed E-state index contributed by atoms with van der Waals surface area (Å²) in [6.45, 7) is 5.54. The Kier molecular flexibility index (Phi) is 7.57. The second-order valence-electron chi connectivity index (χ2n) is 7.21. The average molecular weight is 384 g/mol. The molecule has 2 atom stereocenters. The Morgan fingerprint density at radius 2 is 1.75 bits per heavy atom. The van der Waals surface area contributed by atoms with Crippen molar-refractivity contribution in [2.75, 3.05) is 32.8 Å². The minimum Gasteiger partial charge on any atom is -0.379 e. The number of hydrogen-bond donors (Lipinski definition) is 1. The van der Waals surface area contributed by atoms with Gasteiger partial charge in [-0.1, -0.05) is 55.8 Å². The molecular weight excluding hydrogens is 355 g/mol. The van der Waals surface area contributed by atoms with Crippen LogP contribution in [-0.2, 0) is 9.53 Å². The molecule has 150 valence electrons. The van der Waals surface area contributed by atoms with Crippen LogP contribution < -0.4 is 5.32 Å². The fourth-order valence-corrected chi connectivity index (χ4v) is 3.78. The first-order valence-corrected chi connectivity index (χ1v) is 10.1. The smallest absolute Gasteiger partial charge is 0.227 e. The zero-order valence-electron chi connectivity index (χ0n) is 16.4. The van der Waals surface area contributed by atoms with Crippen molar-refractivity contribution in [3.63, 3.8) is 0 Å². The molecule has 0 aliphatic carbocycles. The number of halogens is 1. The van der Waals surface area contributed by atoms with Crippen LogP contribution in [-0.4, -0.2) is 43.7 Å². The van der Waals surface area contributed by atoms with E-state index in [1.165, 1.54) is 12.1 Å². The van der Waals surface area contributed by atoms with Crippen LogP contribution in [0.25, 0.3) is 0 Å². The Morgan fingerprint density at radius 1 is 1.07 bits per heavy atom. The van der Waals surface area contributed by atoms with Crippen molar-refractivity contribution in [3.05, 3.63) is 71.5 Å². The van der Waals surface area contributed by atoms with Crippen molar-refractivity contribution in [2.45, 2.75) is 31.7 Å². The fraction of sp³-hybridized carbons (Fsp3) is 0.435. The fourth-order valence-electron chi connectivity index (χ4n) is 3.78. The first-order valence-electron chi connectivity index (χ1n) is 10.1. The third-order valence-corrected chi connectivity index (χ3v) is 5.31. The van der Waals surface area contributed by atoms with Gasteiger partial charge in [-0.05, 0) is 29.7 Å². The van der Waals surface area contributed by atoms with Crippen LogP contribution in [0.2, 0.25) is 0 Å². The molecule has 5 heteroatoms. The lowest BCUT2D eigenvalue weighted by Gasteiger charge is -2.35. The molecule has 0 bridgehead atoms. The summed E-state index contributed by atoms with van der Waals surface area (Å²) in [7, 11) is 0. The number of ether oxygens (including phenoxy) is 1. The first kappa shape index (κ1) is 20.5. The molecule has 0 radical (unpaired) electrons. The highest BCUT2D eigenvalue weighted by molar-refractivity contribution is 5.83. The van der Waals surface area contributed by atoms with E-state index < -0.39 is 0 Å². The summed E-state index contributed by atoms with van der Waals surface area (Å²) < 4.78 is 18.9. The summed E-state index contributed by atoms with van der Waals surface area (Å²) in [5.74, 6) is -0.348. The number of rotatable bonds is 8. The van der Waals surface area contributed by atoms with Gasteiger partial charge >= 0.3 is 0 Å². The van der Waals surface area contributed by atoms with E-state index in [-0.39, 0.29) is 23.7 Å². The van der Waals surface area contributed by atoms with Crippen LogP contribution in [0.1, 0.15) is 42.9 Å². The van der Waals surface area contributed by atoms with Crippen LogP contribution in [0.5, 0.6) is 0 Å². The quantitative estimate of drug-likeness (QED) is 0.751. The highest BCUT2D eigenvalue weighted by atomic mass is 19.1. The third-order valence-electron chi connectivity index (χ3n) is 5.31. The van der Waals surface area contributed by atoms with E-state index in [0.29, 0.717) is 19.8 Å². The molecule has 1 fully saturated rings. The average Bonchev–Trinajstić information content (AvgIpc) is 2.74. The summed E-state index contributed by atoms with van der Waals surface area (Å²) in [5.41, 5.74) is 2.06. The second-order valence-corrected chi connectivity index (χ2v) is 7.21. The number of benzene rings is 2. The van der Waals surface area contributed by atoms with Crippen LogP contribution in [0, 0.1) is 5.82 Å². The van der Waals surface area contributed by atoms with Gasteiger partial charge in [-0.2, -0.15) is 0 Å². The van der Waals surface area contributed by atoms with E-state index in [0.717, 1.165) is 37.1 Å². The monoisotopic (exact) mass is 384 g/mol. The molecule has 3 rings (SSSR count). The first-order chi connectivity index (χ1) is 13.7. The van der Waals surface area contributed by atoms with E-state index in [1.807, 2.05) is 42.5 Å². The Morgan fingerprint density at radius 3 is 2.39 bits per heavy atom. The molecule has 4 nitrogen and oxygen atoms in total. The molecular formula is C23H29FN2O2. The van der Waals surface area contributed by atoms with Crippen molar-refractivity contribution in [2.24, 2.45) is 0 Å². The largest absolute Gasteiger partial charge is 0.379 e. The number of hydrogen-bond acceptors (Lipinski definition) is 3. The van der Waals surface area contributed by atoms with Gasteiger partial charge in [0.1, 0.15) is 5.82 Å². The molecule has 0 spiro atoms. The van der Waals surface area contributed by atoms with Gasteiger partial charge in [-0.25, -0.2) is 4.39 Å². The van der Waals surface area contributed by atoms with Gasteiger partial charge in [-0.15, -0.1) is 0 Å². The number of nitrogens with one attached hydrogen (secondary N) is 1. The lowest BCUT2D eigenvalue weighted by atomic mass is 9.93. The summed E-state index contributed by atoms with van der Waals surface area (Å²) in [4.78, 5) is 15.3. The normalized spacial score (nSPS) is 17.1. The molecule has 1 amide bonds. The number of carbonyl (C=O) groups is 1. The van der Waals surface area contributed by atoms with Crippen LogP contribution >= 0.6 is 0 Å². The zero-order valence-corrected chi connectivity index (χ0v) is 16.4. The van der Waals surface area contributed by atoms with Crippen molar-refractivity contribution in [1.29, 1.82) is 0 Å². The lowest BCUT2D eigenvalue weighted by molar-refractivity contribution is -0.123. The maximum Gasteiger partial charge on any atom is 0.227 e. The maximum atomic E-state index is 13.4. The molecule has 1 heterocycles. The summed E-state index contributed by atoms with van der Waals surface area (Å²) in [5, 5.41) is 3.16. The topological polar surface area (TPSA) is 41.6 Å². The number of amides is 1. The van der Waals surface area contributed by atoms with Gasteiger partial charge in [-0.3, -0.25) is 9.69 Å². The SMILES string of the molecule is CCCC(C(=O)NCC(c1ccc(F)cc1)N1CCOCC1)c1ccccc1. The van der Waals surface area contributed by atoms with Crippen molar-refractivity contribution < 1.29 is 13.9 Å². The molecule has 0 saturated carbocycles. The molecule has 1 saturated heterocycles. The van der Waals surface area contributed by atoms with Gasteiger partial charge in [0.15, 0.2) is 0 Å². The highest BCUT2D eigenvalue weighted by Crippen LogP contribution is 2.24. The number of carbonyl (C=O) groups excluding carboxylic acids is 1. The Bertz CT molecular complexity index is 730. The highest BCUT2D eigenvalue weighted by Gasteiger charge is 2.25. The van der Waals surface area contributed by atoms with Crippen molar-refractivity contribution >= 4 is 5.91 Å². The molecule has 2 aromatic carbocycles. The summed E-state index contributed by atoms with van der Waals surface area (Å²) in [6, 6.07) is 16.5. The summed E-state index contributed by atoms with van der Waals surface area (Å²) >= 11 is 0. The van der Waals surface area contributed by atoms with Crippen molar-refractivity contribution in [1.82, 2.24) is 10.2 Å². The Balaban J connectivity index is 1.72. The van der Waals surface area contributed by atoms with E-state index >= 15 is 0 Å². The van der Waals surface area contributed by atoms with Gasteiger partial charge in [0.25, 0.3) is 0 Å². The summed E-state index contributed by atoms with van der Waals surface area (Å²) in [6.07, 6.45) is 1.76. The molecule has 1 N–H and O–H groups in total. The van der Waals surface area contributed by atoms with Gasteiger partial charge in [0.2, 0.25) is 5.91 Å². The predicted molar refractivity (Wildman–Crippen MR) is 109 cm³/mol. The number of nitrogens with zero attached hydrogens (tertiary/aromatic N) is 1. The minimum atomic E-state index is -0.249. The van der Waals surface area contributed by atoms with Gasteiger partial charge in [0, 0.05) is 19.6 Å². The number of morpholine rings is 1. The molecule has 28 heavy (non-hydrogen) atoms. The molecule has 2 aromatic rings. The predicted octanol–water partition coefficient (Wildman–Crippen LogP) is 3.90. The van der Waals surface area contributed by atoms with Crippen molar-refractivity contribution in [3.8, 4) is 0 Å². The van der Waals surface area contributed by atoms with E-state index in [2.05, 4.69) is 17.1 Å². The van der Waals surface area contributed by atoms with E-state index in [1.54, 1.807) is 0 Å². The second kappa shape index (κ2) is 10.3. The molecule has 1 aliphatic rings. The van der Waals surface area contributed by atoms with E-state index in [4.69, 9.17) is 4.74 Å². The Hall–Kier alpha value is -2.24. The molecule has 2 unspecified atom stereocenters. The van der Waals surface area contributed by atoms with Crippen LogP contribution in [0.4, 0.5) is 4.39 Å². The van der Waals surface area contributed by atoms with Gasteiger partial charge < -0.3 is 10.1 Å². The lowest BCUT2D eigenvalue weighted by Crippen LogP contribution is -2.44. The molecule has 1 aliphatic heterocycles. The van der Waals surface area contributed by atoms with Crippen LogP contribution in [0.15, 0.2) is 54.6 Å².